The summed E-state index contributed by atoms with van der Waals surface area (Å²) in [6, 6.07) is 10.6. The van der Waals surface area contributed by atoms with Crippen molar-refractivity contribution in [3.8, 4) is 5.75 Å². The predicted octanol–water partition coefficient (Wildman–Crippen LogP) is 3.34. The Morgan fingerprint density at radius 2 is 2.05 bits per heavy atom. The number of nitrogens with zero attached hydrogens (tertiary/aromatic N) is 1. The van der Waals surface area contributed by atoms with Crippen LogP contribution in [0.3, 0.4) is 0 Å². The van der Waals surface area contributed by atoms with Gasteiger partial charge in [0.15, 0.2) is 6.10 Å². The number of ether oxygens (including phenoxy) is 1. The molecule has 2 heterocycles. The van der Waals surface area contributed by atoms with E-state index in [1.807, 2.05) is 18.2 Å². The molecule has 0 saturated carbocycles. The van der Waals surface area contributed by atoms with Crippen LogP contribution in [0.25, 0.3) is 6.08 Å². The van der Waals surface area contributed by atoms with Gasteiger partial charge in [-0.3, -0.25) is 0 Å². The van der Waals surface area contributed by atoms with E-state index in [4.69, 9.17) is 16.3 Å². The van der Waals surface area contributed by atoms with Crippen LogP contribution in [0.15, 0.2) is 48.2 Å². The molecule has 1 atom stereocenters. The fraction of sp³-hybridized carbons (Fsp3) is 0.0667. The van der Waals surface area contributed by atoms with E-state index < -0.39 is 12.1 Å². The smallest absolute Gasteiger partial charge is 0.335 e. The van der Waals surface area contributed by atoms with Gasteiger partial charge < -0.3 is 9.84 Å². The van der Waals surface area contributed by atoms with Crippen LogP contribution in [-0.2, 0) is 4.79 Å². The standard InChI is InChI=1S/C15H10ClNO3/c16-13-6-5-10(8-17-13)14-11(15(18)19)7-9-3-1-2-4-12(9)20-14/h1-8,14H,(H,18,19). The lowest BCUT2D eigenvalue weighted by molar-refractivity contribution is -0.133. The van der Waals surface area contributed by atoms with Crippen molar-refractivity contribution < 1.29 is 14.6 Å². The van der Waals surface area contributed by atoms with Crippen LogP contribution in [0.4, 0.5) is 0 Å². The summed E-state index contributed by atoms with van der Waals surface area (Å²) in [6.07, 6.45) is 2.46. The van der Waals surface area contributed by atoms with Gasteiger partial charge >= 0.3 is 5.97 Å². The van der Waals surface area contributed by atoms with Gasteiger partial charge in [-0.2, -0.15) is 0 Å². The van der Waals surface area contributed by atoms with Crippen molar-refractivity contribution in [1.82, 2.24) is 4.98 Å². The number of carboxylic acids is 1. The van der Waals surface area contributed by atoms with Gasteiger partial charge in [-0.05, 0) is 18.2 Å². The van der Waals surface area contributed by atoms with Crippen molar-refractivity contribution in [3.63, 3.8) is 0 Å². The molecule has 0 amide bonds. The monoisotopic (exact) mass is 287 g/mol. The highest BCUT2D eigenvalue weighted by atomic mass is 35.5. The minimum Gasteiger partial charge on any atom is -0.480 e. The van der Waals surface area contributed by atoms with Gasteiger partial charge in [-0.25, -0.2) is 9.78 Å². The van der Waals surface area contributed by atoms with Gasteiger partial charge in [0.25, 0.3) is 0 Å². The lowest BCUT2D eigenvalue weighted by Gasteiger charge is -2.25. The Bertz CT molecular complexity index is 695. The van der Waals surface area contributed by atoms with Crippen molar-refractivity contribution in [2.45, 2.75) is 6.10 Å². The van der Waals surface area contributed by atoms with Crippen LogP contribution in [0, 0.1) is 0 Å². The van der Waals surface area contributed by atoms with Crippen molar-refractivity contribution in [1.29, 1.82) is 0 Å². The molecule has 0 fully saturated rings. The number of rotatable bonds is 2. The van der Waals surface area contributed by atoms with Crippen LogP contribution in [0.1, 0.15) is 17.2 Å². The third-order valence-corrected chi connectivity index (χ3v) is 3.28. The molecule has 0 aliphatic carbocycles. The normalized spacial score (nSPS) is 16.9. The molecule has 1 aromatic heterocycles. The maximum Gasteiger partial charge on any atom is 0.335 e. The summed E-state index contributed by atoms with van der Waals surface area (Å²) in [7, 11) is 0. The molecule has 0 radical (unpaired) electrons. The van der Waals surface area contributed by atoms with Crippen LogP contribution in [0.5, 0.6) is 5.75 Å². The van der Waals surface area contributed by atoms with E-state index in [9.17, 15) is 9.90 Å². The molecule has 100 valence electrons. The highest BCUT2D eigenvalue weighted by Gasteiger charge is 2.29. The molecule has 1 aliphatic heterocycles. The molecule has 5 heteroatoms. The van der Waals surface area contributed by atoms with Gasteiger partial charge in [0, 0.05) is 17.3 Å². The van der Waals surface area contributed by atoms with Gasteiger partial charge in [-0.1, -0.05) is 35.9 Å². The maximum absolute atomic E-state index is 11.4. The van der Waals surface area contributed by atoms with Gasteiger partial charge in [0.1, 0.15) is 10.9 Å². The van der Waals surface area contributed by atoms with E-state index in [1.165, 1.54) is 6.20 Å². The van der Waals surface area contributed by atoms with E-state index in [-0.39, 0.29) is 5.57 Å². The Hall–Kier alpha value is -2.33. The van der Waals surface area contributed by atoms with Crippen molar-refractivity contribution >= 4 is 23.6 Å². The summed E-state index contributed by atoms with van der Waals surface area (Å²) >= 11 is 5.75. The van der Waals surface area contributed by atoms with Gasteiger partial charge in [0.05, 0.1) is 5.57 Å². The van der Waals surface area contributed by atoms with Crippen LogP contribution >= 0.6 is 11.6 Å². The average Bonchev–Trinajstić information content (AvgIpc) is 2.46. The molecular formula is C15H10ClNO3. The van der Waals surface area contributed by atoms with E-state index in [0.717, 1.165) is 5.56 Å². The zero-order valence-corrected chi connectivity index (χ0v) is 11.0. The molecule has 4 nitrogen and oxygen atoms in total. The fourth-order valence-corrected chi connectivity index (χ4v) is 2.22. The number of fused-ring (bicyclic) bond motifs is 1. The van der Waals surface area contributed by atoms with E-state index in [2.05, 4.69) is 4.98 Å². The Balaban J connectivity index is 2.08. The van der Waals surface area contributed by atoms with Crippen molar-refractivity contribution in [2.24, 2.45) is 0 Å². The number of aliphatic carboxylic acids is 1. The number of carbonyl (C=O) groups is 1. The number of halogens is 1. The minimum absolute atomic E-state index is 0.174. The lowest BCUT2D eigenvalue weighted by Crippen LogP contribution is -2.20. The van der Waals surface area contributed by atoms with Crippen molar-refractivity contribution in [3.05, 3.63) is 64.4 Å². The first-order valence-corrected chi connectivity index (χ1v) is 6.35. The molecule has 1 N–H and O–H groups in total. The molecule has 20 heavy (non-hydrogen) atoms. The summed E-state index contributed by atoms with van der Waals surface area (Å²) in [5.41, 5.74) is 1.58. The second-order valence-corrected chi connectivity index (χ2v) is 4.74. The van der Waals surface area contributed by atoms with Crippen LogP contribution in [-0.4, -0.2) is 16.1 Å². The second-order valence-electron chi connectivity index (χ2n) is 4.35. The first-order chi connectivity index (χ1) is 9.65. The maximum atomic E-state index is 11.4. The van der Waals surface area contributed by atoms with Crippen molar-refractivity contribution in [2.75, 3.05) is 0 Å². The quantitative estimate of drug-likeness (QED) is 0.861. The van der Waals surface area contributed by atoms with Crippen LogP contribution in [0.2, 0.25) is 5.15 Å². The predicted molar refractivity (Wildman–Crippen MR) is 74.7 cm³/mol. The molecule has 1 aliphatic rings. The van der Waals surface area contributed by atoms with Gasteiger partial charge in [-0.15, -0.1) is 0 Å². The molecular weight excluding hydrogens is 278 g/mol. The first kappa shape index (κ1) is 12.7. The van der Waals surface area contributed by atoms with E-state index in [1.54, 1.807) is 24.3 Å². The molecule has 1 unspecified atom stereocenters. The second kappa shape index (κ2) is 4.98. The Morgan fingerprint density at radius 1 is 1.25 bits per heavy atom. The first-order valence-electron chi connectivity index (χ1n) is 5.97. The number of hydrogen-bond donors (Lipinski definition) is 1. The molecule has 3 rings (SSSR count). The number of para-hydroxylation sites is 1. The summed E-state index contributed by atoms with van der Waals surface area (Å²) in [4.78, 5) is 15.4. The number of aromatic nitrogens is 1. The summed E-state index contributed by atoms with van der Waals surface area (Å²) < 4.78 is 5.80. The summed E-state index contributed by atoms with van der Waals surface area (Å²) in [5.74, 6) is -0.364. The third-order valence-electron chi connectivity index (χ3n) is 3.06. The zero-order chi connectivity index (χ0) is 14.1. The Kier molecular flexibility index (Phi) is 3.16. The highest BCUT2D eigenvalue weighted by Crippen LogP contribution is 2.37. The SMILES string of the molecule is O=C(O)C1=Cc2ccccc2OC1c1ccc(Cl)nc1. The van der Waals surface area contributed by atoms with Crippen LogP contribution < -0.4 is 4.74 Å². The molecule has 0 saturated heterocycles. The topological polar surface area (TPSA) is 59.4 Å². The minimum atomic E-state index is -1.01. The number of hydrogen-bond acceptors (Lipinski definition) is 3. The highest BCUT2D eigenvalue weighted by molar-refractivity contribution is 6.29. The van der Waals surface area contributed by atoms with Gasteiger partial charge in [0.2, 0.25) is 0 Å². The zero-order valence-electron chi connectivity index (χ0n) is 10.3. The molecule has 0 bridgehead atoms. The summed E-state index contributed by atoms with van der Waals surface area (Å²) in [6.45, 7) is 0. The number of benzene rings is 1. The largest absolute Gasteiger partial charge is 0.480 e. The Labute approximate surface area is 120 Å². The molecule has 2 aromatic rings. The lowest BCUT2D eigenvalue weighted by atomic mass is 9.97. The average molecular weight is 288 g/mol. The fourth-order valence-electron chi connectivity index (χ4n) is 2.10. The molecule has 1 aromatic carbocycles. The number of carboxylic acid groups (broad SMARTS) is 1. The van der Waals surface area contributed by atoms with E-state index in [0.29, 0.717) is 16.5 Å². The third kappa shape index (κ3) is 2.26. The Morgan fingerprint density at radius 3 is 2.75 bits per heavy atom. The molecule has 0 spiro atoms. The van der Waals surface area contributed by atoms with E-state index >= 15 is 0 Å². The number of pyridine rings is 1. The summed E-state index contributed by atoms with van der Waals surface area (Å²) in [5, 5.41) is 9.71.